The third-order valence-electron chi connectivity index (χ3n) is 3.58. The molecule has 2 rings (SSSR count). The van der Waals surface area contributed by atoms with Gasteiger partial charge in [-0.2, -0.15) is 13.2 Å². The summed E-state index contributed by atoms with van der Waals surface area (Å²) < 4.78 is 74.0. The summed E-state index contributed by atoms with van der Waals surface area (Å²) in [6, 6.07) is 1.79. The van der Waals surface area contributed by atoms with Gasteiger partial charge in [0, 0.05) is 6.04 Å². The molecule has 118 valence electrons. The molecule has 1 saturated heterocycles. The average molecular weight is 326 g/mol. The van der Waals surface area contributed by atoms with E-state index in [1.54, 1.807) is 0 Å². The summed E-state index contributed by atoms with van der Waals surface area (Å²) in [4.78, 5) is 0. The maximum atomic E-state index is 13.6. The highest BCUT2D eigenvalue weighted by atomic mass is 32.2. The molecule has 1 heterocycles. The molecule has 0 aliphatic carbocycles. The fraction of sp³-hybridized carbons (Fsp3) is 0.500. The zero-order valence-corrected chi connectivity index (χ0v) is 11.6. The molecule has 1 aliphatic rings. The number of hydrazine groups is 1. The van der Waals surface area contributed by atoms with E-state index in [9.17, 15) is 26.0 Å². The van der Waals surface area contributed by atoms with E-state index in [0.717, 1.165) is 12.1 Å². The van der Waals surface area contributed by atoms with E-state index in [0.29, 0.717) is 12.5 Å². The number of sulfone groups is 1. The van der Waals surface area contributed by atoms with Crippen molar-refractivity contribution < 1.29 is 26.0 Å². The summed E-state index contributed by atoms with van der Waals surface area (Å²) in [6.45, 7) is 0. The van der Waals surface area contributed by atoms with Gasteiger partial charge in [0.2, 0.25) is 0 Å². The number of alkyl halides is 3. The molecule has 1 aromatic carbocycles. The molecule has 2 unspecified atom stereocenters. The molecule has 0 radical (unpaired) electrons. The van der Waals surface area contributed by atoms with Gasteiger partial charge < -0.3 is 0 Å². The number of hydrogen-bond donors (Lipinski definition) is 2. The lowest BCUT2D eigenvalue weighted by Gasteiger charge is -2.22. The third kappa shape index (κ3) is 3.53. The number of hydrogen-bond acceptors (Lipinski definition) is 4. The summed E-state index contributed by atoms with van der Waals surface area (Å²) >= 11 is 0. The normalized spacial score (nSPS) is 23.2. The molecule has 0 amide bonds. The van der Waals surface area contributed by atoms with E-state index in [4.69, 9.17) is 5.84 Å². The van der Waals surface area contributed by atoms with Crippen LogP contribution in [-0.4, -0.2) is 19.9 Å². The Balaban J connectivity index is 2.30. The van der Waals surface area contributed by atoms with Crippen molar-refractivity contribution in [1.29, 1.82) is 0 Å². The number of nitrogens with two attached hydrogens (primary N) is 1. The van der Waals surface area contributed by atoms with Crippen molar-refractivity contribution in [3.05, 3.63) is 35.1 Å². The molecular formula is C12H14F4N2O2S. The lowest BCUT2D eigenvalue weighted by Crippen LogP contribution is -2.34. The number of nitrogens with one attached hydrogen (secondary N) is 1. The summed E-state index contributed by atoms with van der Waals surface area (Å²) in [5, 5.41) is 0. The highest BCUT2D eigenvalue weighted by Gasteiger charge is 2.37. The van der Waals surface area contributed by atoms with Gasteiger partial charge in [0.25, 0.3) is 0 Å². The Morgan fingerprint density at radius 2 is 2.00 bits per heavy atom. The van der Waals surface area contributed by atoms with Crippen LogP contribution < -0.4 is 11.3 Å². The van der Waals surface area contributed by atoms with Gasteiger partial charge >= 0.3 is 6.18 Å². The zero-order chi connectivity index (χ0) is 15.8. The van der Waals surface area contributed by atoms with Crippen molar-refractivity contribution in [1.82, 2.24) is 5.43 Å². The van der Waals surface area contributed by atoms with Crippen LogP contribution in [-0.2, 0) is 16.0 Å². The molecule has 0 aromatic heterocycles. The SMILES string of the molecule is NNC(c1ccc(C(F)(F)F)c(F)c1)C1CCS(=O)(=O)C1. The second kappa shape index (κ2) is 5.54. The number of rotatable bonds is 3. The zero-order valence-electron chi connectivity index (χ0n) is 10.8. The van der Waals surface area contributed by atoms with Crippen LogP contribution in [0.15, 0.2) is 18.2 Å². The summed E-state index contributed by atoms with van der Waals surface area (Å²) in [6.07, 6.45) is -4.44. The molecule has 0 spiro atoms. The average Bonchev–Trinajstić information content (AvgIpc) is 2.69. The summed E-state index contributed by atoms with van der Waals surface area (Å²) in [5.41, 5.74) is 1.21. The van der Waals surface area contributed by atoms with Gasteiger partial charge in [-0.1, -0.05) is 6.07 Å². The topological polar surface area (TPSA) is 72.2 Å². The predicted octanol–water partition coefficient (Wildman–Crippen LogP) is 1.78. The maximum absolute atomic E-state index is 13.6. The van der Waals surface area contributed by atoms with E-state index in [-0.39, 0.29) is 17.1 Å². The van der Waals surface area contributed by atoms with Gasteiger partial charge in [-0.15, -0.1) is 0 Å². The van der Waals surface area contributed by atoms with E-state index in [2.05, 4.69) is 5.43 Å². The van der Waals surface area contributed by atoms with Crippen LogP contribution in [0.4, 0.5) is 17.6 Å². The van der Waals surface area contributed by atoms with E-state index in [1.165, 1.54) is 0 Å². The first-order valence-corrected chi connectivity index (χ1v) is 7.99. The van der Waals surface area contributed by atoms with Crippen LogP contribution in [0.1, 0.15) is 23.6 Å². The molecule has 4 nitrogen and oxygen atoms in total. The van der Waals surface area contributed by atoms with Crippen LogP contribution in [0.2, 0.25) is 0 Å². The van der Waals surface area contributed by atoms with Crippen molar-refractivity contribution in [2.24, 2.45) is 11.8 Å². The quantitative estimate of drug-likeness (QED) is 0.505. The Bertz CT molecular complexity index is 631. The molecule has 2 atom stereocenters. The molecule has 1 aromatic rings. The van der Waals surface area contributed by atoms with Crippen LogP contribution >= 0.6 is 0 Å². The Labute approximate surface area is 119 Å². The standard InChI is InChI=1S/C12H14F4N2O2S/c13-10-5-7(1-2-9(10)12(14,15)16)11(18-17)8-3-4-21(19,20)6-8/h1-2,5,8,11,18H,3-4,6,17H2. The lowest BCUT2D eigenvalue weighted by atomic mass is 9.92. The van der Waals surface area contributed by atoms with Gasteiger partial charge in [0.05, 0.1) is 17.1 Å². The van der Waals surface area contributed by atoms with Gasteiger partial charge in [0.15, 0.2) is 9.84 Å². The van der Waals surface area contributed by atoms with E-state index >= 15 is 0 Å². The Kier molecular flexibility index (Phi) is 4.27. The molecule has 0 saturated carbocycles. The molecular weight excluding hydrogens is 312 g/mol. The fourth-order valence-corrected chi connectivity index (χ4v) is 4.39. The minimum absolute atomic E-state index is 0.00103. The van der Waals surface area contributed by atoms with Crippen molar-refractivity contribution in [2.45, 2.75) is 18.6 Å². The van der Waals surface area contributed by atoms with Crippen LogP contribution in [0, 0.1) is 11.7 Å². The lowest BCUT2D eigenvalue weighted by molar-refractivity contribution is -0.140. The monoisotopic (exact) mass is 326 g/mol. The van der Waals surface area contributed by atoms with Crippen molar-refractivity contribution in [3.63, 3.8) is 0 Å². The Morgan fingerprint density at radius 1 is 1.33 bits per heavy atom. The third-order valence-corrected chi connectivity index (χ3v) is 5.37. The molecule has 1 fully saturated rings. The number of halogens is 4. The van der Waals surface area contributed by atoms with Crippen molar-refractivity contribution in [3.8, 4) is 0 Å². The highest BCUT2D eigenvalue weighted by Crippen LogP contribution is 2.35. The minimum Gasteiger partial charge on any atom is -0.271 e. The molecule has 9 heteroatoms. The number of benzene rings is 1. The Hall–Kier alpha value is -1.19. The van der Waals surface area contributed by atoms with Gasteiger partial charge in [-0.3, -0.25) is 11.3 Å². The van der Waals surface area contributed by atoms with E-state index in [1.807, 2.05) is 0 Å². The van der Waals surface area contributed by atoms with Crippen molar-refractivity contribution >= 4 is 9.84 Å². The largest absolute Gasteiger partial charge is 0.419 e. The first kappa shape index (κ1) is 16.2. The predicted molar refractivity (Wildman–Crippen MR) is 68.2 cm³/mol. The Morgan fingerprint density at radius 3 is 2.43 bits per heavy atom. The van der Waals surface area contributed by atoms with Gasteiger partial charge in [-0.05, 0) is 30.0 Å². The first-order chi connectivity index (χ1) is 9.64. The van der Waals surface area contributed by atoms with Crippen LogP contribution in [0.5, 0.6) is 0 Å². The van der Waals surface area contributed by atoms with Gasteiger partial charge in [0.1, 0.15) is 5.82 Å². The second-order valence-corrected chi connectivity index (χ2v) is 7.27. The smallest absolute Gasteiger partial charge is 0.271 e. The highest BCUT2D eigenvalue weighted by molar-refractivity contribution is 7.91. The summed E-state index contributed by atoms with van der Waals surface area (Å²) in [7, 11) is -3.17. The molecule has 3 N–H and O–H groups in total. The van der Waals surface area contributed by atoms with Crippen LogP contribution in [0.25, 0.3) is 0 Å². The molecule has 1 aliphatic heterocycles. The first-order valence-electron chi connectivity index (χ1n) is 6.17. The summed E-state index contributed by atoms with van der Waals surface area (Å²) in [5.74, 6) is 3.44. The molecule has 0 bridgehead atoms. The minimum atomic E-state index is -4.77. The second-order valence-electron chi connectivity index (χ2n) is 5.04. The maximum Gasteiger partial charge on any atom is 0.419 e. The fourth-order valence-electron chi connectivity index (χ4n) is 2.55. The van der Waals surface area contributed by atoms with Crippen LogP contribution in [0.3, 0.4) is 0 Å². The van der Waals surface area contributed by atoms with Crippen molar-refractivity contribution in [2.75, 3.05) is 11.5 Å². The van der Waals surface area contributed by atoms with Gasteiger partial charge in [-0.25, -0.2) is 12.8 Å². The van der Waals surface area contributed by atoms with E-state index < -0.39 is 39.4 Å². The molecule has 21 heavy (non-hydrogen) atoms.